The zero-order chi connectivity index (χ0) is 17.6. The second-order valence-electron chi connectivity index (χ2n) is 5.11. The van der Waals surface area contributed by atoms with Crippen LogP contribution in [-0.2, 0) is 21.6 Å². The highest BCUT2D eigenvalue weighted by atomic mass is 35.6. The van der Waals surface area contributed by atoms with Crippen LogP contribution in [0.4, 0.5) is 4.79 Å². The Morgan fingerprint density at radius 2 is 1.62 bits per heavy atom. The fraction of sp³-hybridized carbons (Fsp3) is 0.235. The van der Waals surface area contributed by atoms with Gasteiger partial charge in [0.1, 0.15) is 17.3 Å². The van der Waals surface area contributed by atoms with Gasteiger partial charge in [-0.05, 0) is 5.56 Å². The number of benzene rings is 2. The summed E-state index contributed by atoms with van der Waals surface area (Å²) >= 11 is 17.5. The Hall–Kier alpha value is -1.07. The number of carbonyl (C=O) groups excluding carboxylic acids is 1. The van der Waals surface area contributed by atoms with E-state index < -0.39 is 27.1 Å². The van der Waals surface area contributed by atoms with E-state index in [-0.39, 0.29) is 0 Å². The van der Waals surface area contributed by atoms with Crippen LogP contribution in [0.3, 0.4) is 0 Å². The Balaban J connectivity index is 1.98. The lowest BCUT2D eigenvalue weighted by Crippen LogP contribution is -2.35. The van der Waals surface area contributed by atoms with Gasteiger partial charge in [0.05, 0.1) is 0 Å². The number of hydrogen-bond donors (Lipinski definition) is 1. The first-order valence-electron chi connectivity index (χ1n) is 7.11. The third-order valence-corrected chi connectivity index (χ3v) is 4.98. The van der Waals surface area contributed by atoms with E-state index in [1.807, 2.05) is 42.7 Å². The van der Waals surface area contributed by atoms with E-state index in [2.05, 4.69) is 4.72 Å². The summed E-state index contributed by atoms with van der Waals surface area (Å²) in [5, 5.41) is 0. The Bertz CT molecular complexity index is 650. The molecule has 2 atom stereocenters. The molecule has 128 valence electrons. The molecule has 2 aromatic rings. The van der Waals surface area contributed by atoms with E-state index in [1.54, 1.807) is 24.3 Å². The van der Waals surface area contributed by atoms with Gasteiger partial charge < -0.3 is 4.74 Å². The van der Waals surface area contributed by atoms with E-state index in [4.69, 9.17) is 39.5 Å². The average Bonchev–Trinajstić information content (AvgIpc) is 2.53. The maximum absolute atomic E-state index is 12.2. The lowest BCUT2D eigenvalue weighted by Gasteiger charge is -2.24. The van der Waals surface area contributed by atoms with Gasteiger partial charge in [-0.1, -0.05) is 95.5 Å². The number of ether oxygens (including phenoxy) is 1. The smallest absolute Gasteiger partial charge is 0.434 e. The van der Waals surface area contributed by atoms with Crippen molar-refractivity contribution in [3.8, 4) is 0 Å². The molecule has 0 aliphatic carbocycles. The van der Waals surface area contributed by atoms with Gasteiger partial charge in [-0.25, -0.2) is 4.79 Å². The van der Waals surface area contributed by atoms with Crippen molar-refractivity contribution in [1.82, 2.24) is 4.72 Å². The predicted octanol–water partition coefficient (Wildman–Crippen LogP) is 5.19. The number of halogens is 3. The number of nitrogens with one attached hydrogen (secondary N) is 1. The number of rotatable bonds is 5. The molecule has 0 heterocycles. The molecular weight excluding hydrogens is 389 g/mol. The first-order chi connectivity index (χ1) is 11.4. The second-order valence-corrected chi connectivity index (χ2v) is 9.24. The van der Waals surface area contributed by atoms with Crippen LogP contribution in [0.1, 0.15) is 17.2 Å². The predicted molar refractivity (Wildman–Crippen MR) is 103 cm³/mol. The molecule has 3 nitrogen and oxygen atoms in total. The van der Waals surface area contributed by atoms with Crippen molar-refractivity contribution in [1.29, 1.82) is 0 Å². The Labute approximate surface area is 159 Å². The van der Waals surface area contributed by atoms with Crippen molar-refractivity contribution in [3.63, 3.8) is 0 Å². The van der Waals surface area contributed by atoms with Crippen LogP contribution >= 0.6 is 34.8 Å². The lowest BCUT2D eigenvalue weighted by molar-refractivity contribution is 0.105. The molecule has 0 radical (unpaired) electrons. The minimum absolute atomic E-state index is 0.404. The van der Waals surface area contributed by atoms with Crippen molar-refractivity contribution in [2.45, 2.75) is 15.6 Å². The molecule has 0 saturated heterocycles. The third-order valence-electron chi connectivity index (χ3n) is 3.11. The monoisotopic (exact) mass is 404 g/mol. The summed E-state index contributed by atoms with van der Waals surface area (Å²) in [7, 11) is 0. The largest absolute Gasteiger partial charge is 0.449 e. The molecule has 0 fully saturated rings. The standard InChI is InChI=1S/C17H16Cl3NO2S/c1-24(12-13-8-4-2-5-9-13)21-16(22)23-15(17(18,19)20)14-10-6-3-7-11-14/h2-11,15H,12H2,1H3/p+1/t15-,24?/m0/s1. The van der Waals surface area contributed by atoms with Gasteiger partial charge >= 0.3 is 6.09 Å². The van der Waals surface area contributed by atoms with Crippen molar-refractivity contribution in [3.05, 3.63) is 71.8 Å². The van der Waals surface area contributed by atoms with Gasteiger partial charge in [-0.15, -0.1) is 4.72 Å². The van der Waals surface area contributed by atoms with Crippen LogP contribution in [-0.4, -0.2) is 16.1 Å². The van der Waals surface area contributed by atoms with E-state index in [9.17, 15) is 4.79 Å². The number of amides is 1. The highest BCUT2D eigenvalue weighted by molar-refractivity contribution is 7.94. The zero-order valence-corrected chi connectivity index (χ0v) is 16.0. The first-order valence-corrected chi connectivity index (χ1v) is 10.1. The van der Waals surface area contributed by atoms with Crippen molar-refractivity contribution in [2.24, 2.45) is 0 Å². The van der Waals surface area contributed by atoms with Crippen LogP contribution in [0.5, 0.6) is 0 Å². The van der Waals surface area contributed by atoms with Crippen LogP contribution in [0, 0.1) is 0 Å². The summed E-state index contributed by atoms with van der Waals surface area (Å²) in [4.78, 5) is 12.2. The van der Waals surface area contributed by atoms with Gasteiger partial charge in [0.2, 0.25) is 3.79 Å². The van der Waals surface area contributed by atoms with E-state index in [0.717, 1.165) is 5.56 Å². The molecule has 2 aromatic carbocycles. The molecule has 0 saturated carbocycles. The SMILES string of the molecule is C[S+](Cc1ccccc1)NC(=O)O[C@@H](c1ccccc1)C(Cl)(Cl)Cl. The minimum atomic E-state index is -1.76. The molecule has 1 unspecified atom stereocenters. The maximum Gasteiger partial charge on any atom is 0.449 e. The number of alkyl halides is 3. The van der Waals surface area contributed by atoms with Crippen LogP contribution in [0.2, 0.25) is 0 Å². The zero-order valence-electron chi connectivity index (χ0n) is 12.9. The lowest BCUT2D eigenvalue weighted by atomic mass is 10.1. The van der Waals surface area contributed by atoms with Crippen LogP contribution in [0.25, 0.3) is 0 Å². The van der Waals surface area contributed by atoms with Crippen molar-refractivity contribution < 1.29 is 9.53 Å². The molecule has 7 heteroatoms. The fourth-order valence-corrected chi connectivity index (χ4v) is 3.69. The van der Waals surface area contributed by atoms with Gasteiger partial charge in [0.15, 0.2) is 11.9 Å². The summed E-state index contributed by atoms with van der Waals surface area (Å²) in [6.45, 7) is 0. The summed E-state index contributed by atoms with van der Waals surface area (Å²) in [6, 6.07) is 18.8. The van der Waals surface area contributed by atoms with Crippen LogP contribution < -0.4 is 4.72 Å². The molecule has 2 rings (SSSR count). The number of carbonyl (C=O) groups is 1. The van der Waals surface area contributed by atoms with Gasteiger partial charge in [-0.3, -0.25) is 0 Å². The molecule has 0 bridgehead atoms. The normalized spacial score (nSPS) is 13.8. The molecular formula is C17H17Cl3NO2S+. The molecule has 0 spiro atoms. The quantitative estimate of drug-likeness (QED) is 0.549. The third kappa shape index (κ3) is 6.10. The summed E-state index contributed by atoms with van der Waals surface area (Å²) in [5.74, 6) is 0.708. The van der Waals surface area contributed by atoms with Crippen LogP contribution in [0.15, 0.2) is 60.7 Å². The van der Waals surface area contributed by atoms with E-state index in [1.165, 1.54) is 0 Å². The summed E-state index contributed by atoms with van der Waals surface area (Å²) < 4.78 is 6.40. The molecule has 0 aromatic heterocycles. The summed E-state index contributed by atoms with van der Waals surface area (Å²) in [5.41, 5.74) is 1.75. The number of hydrogen-bond acceptors (Lipinski definition) is 2. The summed E-state index contributed by atoms with van der Waals surface area (Å²) in [6.07, 6.45) is 0.315. The Kier molecular flexibility index (Phi) is 7.11. The van der Waals surface area contributed by atoms with E-state index in [0.29, 0.717) is 11.3 Å². The Morgan fingerprint density at radius 3 is 2.17 bits per heavy atom. The molecule has 24 heavy (non-hydrogen) atoms. The average molecular weight is 406 g/mol. The van der Waals surface area contributed by atoms with Crippen molar-refractivity contribution in [2.75, 3.05) is 6.26 Å². The highest BCUT2D eigenvalue weighted by Crippen LogP contribution is 2.42. The molecule has 0 aliphatic heterocycles. The highest BCUT2D eigenvalue weighted by Gasteiger charge is 2.38. The first kappa shape index (κ1) is 19.3. The van der Waals surface area contributed by atoms with E-state index >= 15 is 0 Å². The topological polar surface area (TPSA) is 38.3 Å². The van der Waals surface area contributed by atoms with Gasteiger partial charge in [0, 0.05) is 5.56 Å². The van der Waals surface area contributed by atoms with Gasteiger partial charge in [0.25, 0.3) is 0 Å². The second kappa shape index (κ2) is 8.86. The molecule has 1 N–H and O–H groups in total. The maximum atomic E-state index is 12.2. The van der Waals surface area contributed by atoms with Crippen molar-refractivity contribution >= 4 is 52.0 Å². The Morgan fingerprint density at radius 1 is 1.08 bits per heavy atom. The minimum Gasteiger partial charge on any atom is -0.434 e. The molecule has 1 amide bonds. The van der Waals surface area contributed by atoms with Gasteiger partial charge in [-0.2, -0.15) is 0 Å². The molecule has 0 aliphatic rings. The fourth-order valence-electron chi connectivity index (χ4n) is 2.09.